The number of carbonyl (C=O) groups is 1. The average Bonchev–Trinajstić information content (AvgIpc) is 3.23. The molecule has 1 aromatic carbocycles. The number of aliphatic hydroxyl groups excluding tert-OH is 1. The van der Waals surface area contributed by atoms with E-state index in [-0.39, 0.29) is 5.56 Å². The first-order valence-electron chi connectivity index (χ1n) is 9.60. The third kappa shape index (κ3) is 3.97. The van der Waals surface area contributed by atoms with E-state index in [4.69, 9.17) is 0 Å². The van der Waals surface area contributed by atoms with Gasteiger partial charge in [-0.05, 0) is 66.8 Å². The summed E-state index contributed by atoms with van der Waals surface area (Å²) in [6, 6.07) is 4.50. The van der Waals surface area contributed by atoms with Gasteiger partial charge in [-0.25, -0.2) is 8.78 Å². The highest BCUT2D eigenvalue weighted by Crippen LogP contribution is 2.37. The molecule has 28 heavy (non-hydrogen) atoms. The van der Waals surface area contributed by atoms with Crippen molar-refractivity contribution in [1.82, 2.24) is 10.2 Å². The first-order valence-corrected chi connectivity index (χ1v) is 10.5. The van der Waals surface area contributed by atoms with Crippen molar-refractivity contribution in [3.8, 4) is 0 Å². The summed E-state index contributed by atoms with van der Waals surface area (Å²) >= 11 is 1.77. The van der Waals surface area contributed by atoms with Gasteiger partial charge in [0.1, 0.15) is 11.6 Å². The van der Waals surface area contributed by atoms with Crippen LogP contribution in [-0.4, -0.2) is 41.1 Å². The number of benzene rings is 1. The number of hydrogen-bond donors (Lipinski definition) is 2. The molecule has 4 nitrogen and oxygen atoms in total. The fourth-order valence-corrected chi connectivity index (χ4v) is 5.45. The van der Waals surface area contributed by atoms with Crippen LogP contribution in [0.1, 0.15) is 33.6 Å². The van der Waals surface area contributed by atoms with Crippen LogP contribution in [0.5, 0.6) is 0 Å². The molecule has 150 valence electrons. The lowest BCUT2D eigenvalue weighted by Gasteiger charge is -2.35. The third-order valence-electron chi connectivity index (χ3n) is 6.04. The van der Waals surface area contributed by atoms with Crippen LogP contribution in [0.15, 0.2) is 29.6 Å². The standard InChI is InChI=1S/C21H24F2N2O2S/c1-12-4-5-28-20(12)11-25-9-13-6-18(19(26)7-14(13)10-25)24-21(27)16-8-15(22)2-3-17(16)23/h2-5,8,13-14,18-19,26H,6-7,9-11H2,1H3,(H,24,27)/t13-,14+,18-,19-/m0/s1. The Morgan fingerprint density at radius 1 is 1.25 bits per heavy atom. The van der Waals surface area contributed by atoms with Gasteiger partial charge in [-0.15, -0.1) is 11.3 Å². The van der Waals surface area contributed by atoms with Gasteiger partial charge in [0.15, 0.2) is 0 Å². The van der Waals surface area contributed by atoms with Gasteiger partial charge in [-0.1, -0.05) is 0 Å². The second-order valence-corrected chi connectivity index (χ2v) is 8.98. The molecule has 0 unspecified atom stereocenters. The zero-order valence-corrected chi connectivity index (χ0v) is 16.5. The number of rotatable bonds is 4. The van der Waals surface area contributed by atoms with Gasteiger partial charge in [-0.2, -0.15) is 0 Å². The van der Waals surface area contributed by atoms with Gasteiger partial charge in [0.25, 0.3) is 5.91 Å². The van der Waals surface area contributed by atoms with E-state index in [1.54, 1.807) is 11.3 Å². The van der Waals surface area contributed by atoms with Gasteiger partial charge in [0, 0.05) is 24.5 Å². The van der Waals surface area contributed by atoms with E-state index in [0.29, 0.717) is 24.7 Å². The molecule has 1 aliphatic carbocycles. The normalized spacial score (nSPS) is 27.6. The minimum Gasteiger partial charge on any atom is -0.391 e. The van der Waals surface area contributed by atoms with Crippen LogP contribution >= 0.6 is 11.3 Å². The number of aryl methyl sites for hydroxylation is 1. The van der Waals surface area contributed by atoms with Gasteiger partial charge in [-0.3, -0.25) is 9.69 Å². The van der Waals surface area contributed by atoms with E-state index in [1.807, 2.05) is 0 Å². The van der Waals surface area contributed by atoms with Crippen molar-refractivity contribution in [3.63, 3.8) is 0 Å². The molecule has 1 amide bonds. The van der Waals surface area contributed by atoms with Crippen LogP contribution in [-0.2, 0) is 6.54 Å². The summed E-state index contributed by atoms with van der Waals surface area (Å²) in [5.41, 5.74) is 0.984. The fraction of sp³-hybridized carbons (Fsp3) is 0.476. The molecule has 4 rings (SSSR count). The Hall–Kier alpha value is -1.83. The maximum atomic E-state index is 13.9. The lowest BCUT2D eigenvalue weighted by molar-refractivity contribution is 0.0460. The fourth-order valence-electron chi connectivity index (χ4n) is 4.50. The van der Waals surface area contributed by atoms with Crippen molar-refractivity contribution >= 4 is 17.2 Å². The molecule has 2 aliphatic rings. The Balaban J connectivity index is 1.39. The van der Waals surface area contributed by atoms with E-state index in [1.165, 1.54) is 10.4 Å². The van der Waals surface area contributed by atoms with E-state index in [2.05, 4.69) is 28.6 Å². The van der Waals surface area contributed by atoms with Crippen molar-refractivity contribution in [2.75, 3.05) is 13.1 Å². The number of likely N-dealkylation sites (tertiary alicyclic amines) is 1. The molecule has 0 spiro atoms. The summed E-state index contributed by atoms with van der Waals surface area (Å²) in [4.78, 5) is 16.2. The summed E-state index contributed by atoms with van der Waals surface area (Å²) in [7, 11) is 0. The number of nitrogens with zero attached hydrogens (tertiary/aromatic N) is 1. The van der Waals surface area contributed by atoms with Crippen LogP contribution in [0.2, 0.25) is 0 Å². The minimum absolute atomic E-state index is 0.324. The molecule has 0 radical (unpaired) electrons. The molecule has 2 heterocycles. The molecule has 2 fully saturated rings. The molecule has 1 saturated carbocycles. The van der Waals surface area contributed by atoms with Crippen LogP contribution in [0.3, 0.4) is 0 Å². The SMILES string of the molecule is Cc1ccsc1CN1C[C@H]2C[C@H](O)[C@@H](NC(=O)c3cc(F)ccc3F)C[C@H]2C1. The number of carbonyl (C=O) groups excluding carboxylic acids is 1. The smallest absolute Gasteiger partial charge is 0.254 e. The molecular weight excluding hydrogens is 382 g/mol. The van der Waals surface area contributed by atoms with E-state index >= 15 is 0 Å². The highest BCUT2D eigenvalue weighted by Gasteiger charge is 2.42. The summed E-state index contributed by atoms with van der Waals surface area (Å²) < 4.78 is 27.2. The number of nitrogens with one attached hydrogen (secondary N) is 1. The van der Waals surface area contributed by atoms with E-state index in [0.717, 1.165) is 37.8 Å². The largest absolute Gasteiger partial charge is 0.391 e. The highest BCUT2D eigenvalue weighted by atomic mass is 32.1. The molecule has 0 bridgehead atoms. The molecule has 1 saturated heterocycles. The van der Waals surface area contributed by atoms with Crippen LogP contribution in [0, 0.1) is 30.4 Å². The topological polar surface area (TPSA) is 52.6 Å². The number of aliphatic hydroxyl groups is 1. The monoisotopic (exact) mass is 406 g/mol. The summed E-state index contributed by atoms with van der Waals surface area (Å²) in [5, 5.41) is 15.4. The third-order valence-corrected chi connectivity index (χ3v) is 7.05. The second-order valence-electron chi connectivity index (χ2n) is 7.98. The summed E-state index contributed by atoms with van der Waals surface area (Å²) in [6.07, 6.45) is 0.584. The zero-order valence-electron chi connectivity index (χ0n) is 15.7. The predicted molar refractivity (Wildman–Crippen MR) is 104 cm³/mol. The van der Waals surface area contributed by atoms with Crippen molar-refractivity contribution < 1.29 is 18.7 Å². The average molecular weight is 406 g/mol. The van der Waals surface area contributed by atoms with Crippen LogP contribution in [0.25, 0.3) is 0 Å². The van der Waals surface area contributed by atoms with E-state index < -0.39 is 29.7 Å². The molecule has 1 aliphatic heterocycles. The molecule has 4 atom stereocenters. The maximum absolute atomic E-state index is 13.9. The van der Waals surface area contributed by atoms with Gasteiger partial charge < -0.3 is 10.4 Å². The van der Waals surface area contributed by atoms with Crippen molar-refractivity contribution in [1.29, 1.82) is 0 Å². The molecule has 7 heteroatoms. The lowest BCUT2D eigenvalue weighted by Crippen LogP contribution is -2.49. The lowest BCUT2D eigenvalue weighted by atomic mass is 9.77. The number of amides is 1. The number of hydrogen-bond acceptors (Lipinski definition) is 4. The number of thiophene rings is 1. The Morgan fingerprint density at radius 2 is 2.00 bits per heavy atom. The molecule has 2 aromatic rings. The second kappa shape index (κ2) is 7.89. The van der Waals surface area contributed by atoms with Gasteiger partial charge in [0.2, 0.25) is 0 Å². The number of halogens is 2. The van der Waals surface area contributed by atoms with Crippen LogP contribution in [0.4, 0.5) is 8.78 Å². The molecular formula is C21H24F2N2O2S. The number of fused-ring (bicyclic) bond motifs is 1. The summed E-state index contributed by atoms with van der Waals surface area (Å²) in [5.74, 6) is -1.32. The van der Waals surface area contributed by atoms with Crippen molar-refractivity contribution in [2.24, 2.45) is 11.8 Å². The highest BCUT2D eigenvalue weighted by molar-refractivity contribution is 7.10. The Bertz CT molecular complexity index is 872. The summed E-state index contributed by atoms with van der Waals surface area (Å²) in [6.45, 7) is 4.90. The Kier molecular flexibility index (Phi) is 5.49. The van der Waals surface area contributed by atoms with E-state index in [9.17, 15) is 18.7 Å². The Morgan fingerprint density at radius 3 is 2.71 bits per heavy atom. The van der Waals surface area contributed by atoms with Crippen LogP contribution < -0.4 is 5.32 Å². The minimum atomic E-state index is -0.763. The quantitative estimate of drug-likeness (QED) is 0.819. The van der Waals surface area contributed by atoms with Gasteiger partial charge in [0.05, 0.1) is 17.7 Å². The van der Waals surface area contributed by atoms with Crippen molar-refractivity contribution in [3.05, 3.63) is 57.3 Å². The predicted octanol–water partition coefficient (Wildman–Crippen LogP) is 3.34. The molecule has 1 aromatic heterocycles. The Labute approximate surface area is 167 Å². The van der Waals surface area contributed by atoms with Gasteiger partial charge >= 0.3 is 0 Å². The zero-order chi connectivity index (χ0) is 19.8. The van der Waals surface area contributed by atoms with Crippen molar-refractivity contribution in [2.45, 2.75) is 38.5 Å². The molecule has 2 N–H and O–H groups in total. The maximum Gasteiger partial charge on any atom is 0.254 e. The first-order chi connectivity index (χ1) is 13.4. The first kappa shape index (κ1) is 19.5.